The predicted octanol–water partition coefficient (Wildman–Crippen LogP) is 0.805. The number of piperazine rings is 1. The van der Waals surface area contributed by atoms with Gasteiger partial charge in [-0.3, -0.25) is 14.3 Å². The summed E-state index contributed by atoms with van der Waals surface area (Å²) in [5.41, 5.74) is 0.932. The third-order valence-electron chi connectivity index (χ3n) is 4.33. The highest BCUT2D eigenvalue weighted by molar-refractivity contribution is 5.80. The van der Waals surface area contributed by atoms with Crippen molar-refractivity contribution >= 4 is 11.8 Å². The van der Waals surface area contributed by atoms with Gasteiger partial charge in [-0.15, -0.1) is 0 Å². The van der Waals surface area contributed by atoms with Crippen LogP contribution in [0.5, 0.6) is 5.75 Å². The first-order valence-corrected chi connectivity index (χ1v) is 8.31. The summed E-state index contributed by atoms with van der Waals surface area (Å²) in [6.45, 7) is 2.49. The van der Waals surface area contributed by atoms with Crippen molar-refractivity contribution in [2.45, 2.75) is 13.0 Å². The fourth-order valence-corrected chi connectivity index (χ4v) is 2.91. The second-order valence-electron chi connectivity index (χ2n) is 5.99. The quantitative estimate of drug-likeness (QED) is 0.806. The smallest absolute Gasteiger partial charge is 0.244 e. The lowest BCUT2D eigenvalue weighted by atomic mass is 10.1. The lowest BCUT2D eigenvalue weighted by Gasteiger charge is -2.34. The summed E-state index contributed by atoms with van der Waals surface area (Å²) in [6.07, 6.45) is 3.77. The van der Waals surface area contributed by atoms with Crippen molar-refractivity contribution in [1.29, 1.82) is 0 Å². The van der Waals surface area contributed by atoms with E-state index in [1.165, 1.54) is 0 Å². The Morgan fingerprint density at radius 2 is 1.80 bits per heavy atom. The first kappa shape index (κ1) is 17.0. The molecule has 7 nitrogen and oxygen atoms in total. The fourth-order valence-electron chi connectivity index (χ4n) is 2.91. The molecule has 0 unspecified atom stereocenters. The predicted molar refractivity (Wildman–Crippen MR) is 92.1 cm³/mol. The van der Waals surface area contributed by atoms with Crippen LogP contribution < -0.4 is 4.74 Å². The Hall–Kier alpha value is -2.83. The molecular weight excluding hydrogens is 320 g/mol. The minimum atomic E-state index is 0.0311. The van der Waals surface area contributed by atoms with Gasteiger partial charge in [0.25, 0.3) is 0 Å². The SMILES string of the molecule is COc1cccc(CC(=O)N2CCN(C(=O)Cn3cccn3)CC2)c1. The normalized spacial score (nSPS) is 14.4. The Bertz CT molecular complexity index is 722. The van der Waals surface area contributed by atoms with E-state index < -0.39 is 0 Å². The molecule has 2 aromatic rings. The molecule has 0 N–H and O–H groups in total. The molecule has 1 aliphatic heterocycles. The van der Waals surface area contributed by atoms with Crippen LogP contribution in [0.1, 0.15) is 5.56 Å². The Labute approximate surface area is 146 Å². The molecule has 1 saturated heterocycles. The molecule has 0 spiro atoms. The van der Waals surface area contributed by atoms with Crippen LogP contribution in [0, 0.1) is 0 Å². The topological polar surface area (TPSA) is 67.7 Å². The van der Waals surface area contributed by atoms with Crippen LogP contribution >= 0.6 is 0 Å². The van der Waals surface area contributed by atoms with Gasteiger partial charge in [0, 0.05) is 38.6 Å². The number of carbonyl (C=O) groups excluding carboxylic acids is 2. The van der Waals surface area contributed by atoms with Gasteiger partial charge in [0.1, 0.15) is 12.3 Å². The van der Waals surface area contributed by atoms with E-state index in [0.717, 1.165) is 11.3 Å². The number of ether oxygens (including phenoxy) is 1. The second-order valence-corrected chi connectivity index (χ2v) is 5.99. The molecule has 2 amide bonds. The van der Waals surface area contributed by atoms with Crippen molar-refractivity contribution in [1.82, 2.24) is 19.6 Å². The number of methoxy groups -OCH3 is 1. The van der Waals surface area contributed by atoms with E-state index in [4.69, 9.17) is 4.74 Å². The van der Waals surface area contributed by atoms with Gasteiger partial charge in [0.2, 0.25) is 11.8 Å². The summed E-state index contributed by atoms with van der Waals surface area (Å²) in [4.78, 5) is 28.3. The van der Waals surface area contributed by atoms with Crippen LogP contribution in [0.4, 0.5) is 0 Å². The Balaban J connectivity index is 1.49. The largest absolute Gasteiger partial charge is 0.497 e. The summed E-state index contributed by atoms with van der Waals surface area (Å²) >= 11 is 0. The molecular formula is C18H22N4O3. The maximum atomic E-state index is 12.5. The Morgan fingerprint density at radius 3 is 2.44 bits per heavy atom. The lowest BCUT2D eigenvalue weighted by Crippen LogP contribution is -2.51. The molecule has 0 atom stereocenters. The molecule has 0 radical (unpaired) electrons. The van der Waals surface area contributed by atoms with Gasteiger partial charge in [-0.1, -0.05) is 12.1 Å². The lowest BCUT2D eigenvalue weighted by molar-refractivity contribution is -0.139. The van der Waals surface area contributed by atoms with E-state index in [0.29, 0.717) is 32.6 Å². The number of hydrogen-bond donors (Lipinski definition) is 0. The number of hydrogen-bond acceptors (Lipinski definition) is 4. The van der Waals surface area contributed by atoms with E-state index in [1.54, 1.807) is 35.2 Å². The van der Waals surface area contributed by atoms with E-state index in [1.807, 2.05) is 29.2 Å². The van der Waals surface area contributed by atoms with Crippen LogP contribution in [-0.4, -0.2) is 64.7 Å². The Kier molecular flexibility index (Phi) is 5.33. The van der Waals surface area contributed by atoms with Crippen molar-refractivity contribution in [3.63, 3.8) is 0 Å². The zero-order valence-electron chi connectivity index (χ0n) is 14.3. The number of aromatic nitrogens is 2. The average molecular weight is 342 g/mol. The van der Waals surface area contributed by atoms with Gasteiger partial charge in [-0.05, 0) is 23.8 Å². The molecule has 132 valence electrons. The Morgan fingerprint density at radius 1 is 1.08 bits per heavy atom. The van der Waals surface area contributed by atoms with Crippen molar-refractivity contribution in [3.8, 4) is 5.75 Å². The minimum absolute atomic E-state index is 0.0311. The summed E-state index contributed by atoms with van der Waals surface area (Å²) in [5, 5.41) is 4.05. The molecule has 7 heteroatoms. The molecule has 2 heterocycles. The molecule has 25 heavy (non-hydrogen) atoms. The van der Waals surface area contributed by atoms with Gasteiger partial charge in [-0.25, -0.2) is 0 Å². The number of amides is 2. The van der Waals surface area contributed by atoms with Crippen molar-refractivity contribution in [3.05, 3.63) is 48.3 Å². The van der Waals surface area contributed by atoms with Crippen LogP contribution in [0.2, 0.25) is 0 Å². The highest BCUT2D eigenvalue weighted by atomic mass is 16.5. The molecule has 1 aromatic carbocycles. The molecule has 0 saturated carbocycles. The number of carbonyl (C=O) groups is 2. The standard InChI is InChI=1S/C18H22N4O3/c1-25-16-5-2-4-15(12-16)13-17(23)20-8-10-21(11-9-20)18(24)14-22-7-3-6-19-22/h2-7,12H,8-11,13-14H2,1H3. The summed E-state index contributed by atoms with van der Waals surface area (Å²) in [6, 6.07) is 9.33. The maximum Gasteiger partial charge on any atom is 0.244 e. The summed E-state index contributed by atoms with van der Waals surface area (Å²) < 4.78 is 6.80. The third kappa shape index (κ3) is 4.37. The number of rotatable bonds is 5. The van der Waals surface area contributed by atoms with Gasteiger partial charge in [0.15, 0.2) is 0 Å². The van der Waals surface area contributed by atoms with Gasteiger partial charge >= 0.3 is 0 Å². The molecule has 1 fully saturated rings. The van der Waals surface area contributed by atoms with E-state index in [-0.39, 0.29) is 18.4 Å². The van der Waals surface area contributed by atoms with Crippen LogP contribution in [0.25, 0.3) is 0 Å². The van der Waals surface area contributed by atoms with Crippen LogP contribution in [-0.2, 0) is 22.6 Å². The number of benzene rings is 1. The number of nitrogens with zero attached hydrogens (tertiary/aromatic N) is 4. The fraction of sp³-hybridized carbons (Fsp3) is 0.389. The first-order valence-electron chi connectivity index (χ1n) is 8.31. The highest BCUT2D eigenvalue weighted by Gasteiger charge is 2.24. The third-order valence-corrected chi connectivity index (χ3v) is 4.33. The molecule has 3 rings (SSSR count). The van der Waals surface area contributed by atoms with Crippen molar-refractivity contribution in [2.24, 2.45) is 0 Å². The van der Waals surface area contributed by atoms with Gasteiger partial charge in [0.05, 0.1) is 13.5 Å². The molecule has 1 aromatic heterocycles. The molecule has 1 aliphatic rings. The van der Waals surface area contributed by atoms with Crippen LogP contribution in [0.15, 0.2) is 42.7 Å². The second kappa shape index (κ2) is 7.83. The van der Waals surface area contributed by atoms with Crippen molar-refractivity contribution in [2.75, 3.05) is 33.3 Å². The average Bonchev–Trinajstić information content (AvgIpc) is 3.15. The molecule has 0 aliphatic carbocycles. The highest BCUT2D eigenvalue weighted by Crippen LogP contribution is 2.14. The maximum absolute atomic E-state index is 12.5. The zero-order chi connectivity index (χ0) is 17.6. The molecule has 0 bridgehead atoms. The van der Waals surface area contributed by atoms with Gasteiger partial charge < -0.3 is 14.5 Å². The van der Waals surface area contributed by atoms with Crippen LogP contribution in [0.3, 0.4) is 0 Å². The van der Waals surface area contributed by atoms with Gasteiger partial charge in [-0.2, -0.15) is 5.10 Å². The summed E-state index contributed by atoms with van der Waals surface area (Å²) in [5.74, 6) is 0.857. The monoisotopic (exact) mass is 342 g/mol. The minimum Gasteiger partial charge on any atom is -0.497 e. The van der Waals surface area contributed by atoms with Crippen molar-refractivity contribution < 1.29 is 14.3 Å². The van der Waals surface area contributed by atoms with E-state index in [2.05, 4.69) is 5.10 Å². The summed E-state index contributed by atoms with van der Waals surface area (Å²) in [7, 11) is 1.61. The van der Waals surface area contributed by atoms with E-state index in [9.17, 15) is 9.59 Å². The first-order chi connectivity index (χ1) is 12.2. The van der Waals surface area contributed by atoms with E-state index >= 15 is 0 Å². The zero-order valence-corrected chi connectivity index (χ0v) is 14.3.